The van der Waals surface area contributed by atoms with E-state index in [1.165, 1.54) is 11.5 Å². The Morgan fingerprint density at radius 3 is 3.08 bits per heavy atom. The normalized spacial score (nSPS) is 10.2. The summed E-state index contributed by atoms with van der Waals surface area (Å²) in [7, 11) is 0. The molecule has 2 heterocycles. The molecule has 0 aliphatic heterocycles. The zero-order chi connectivity index (χ0) is 8.93. The van der Waals surface area contributed by atoms with Crippen molar-refractivity contribution in [3.63, 3.8) is 0 Å². The molecule has 4 nitrogen and oxygen atoms in total. The molecule has 2 rings (SSSR count). The molecule has 0 fully saturated rings. The summed E-state index contributed by atoms with van der Waals surface area (Å²) in [6.07, 6.45) is 2.49. The number of nitrogens with zero attached hydrogens (tertiary/aromatic N) is 3. The number of hydrogen-bond acceptors (Lipinski definition) is 6. The summed E-state index contributed by atoms with van der Waals surface area (Å²) < 4.78 is 3.89. The van der Waals surface area contributed by atoms with Gasteiger partial charge in [0.15, 0.2) is 0 Å². The summed E-state index contributed by atoms with van der Waals surface area (Å²) in [6.45, 7) is 0.860. The van der Waals surface area contributed by atoms with Crippen LogP contribution in [0.2, 0.25) is 0 Å². The minimum Gasteiger partial charge on any atom is -0.360 e. The average molecular weight is 212 g/mol. The van der Waals surface area contributed by atoms with Crippen LogP contribution in [0.5, 0.6) is 0 Å². The van der Waals surface area contributed by atoms with Gasteiger partial charge in [0.25, 0.3) is 0 Å². The first-order chi connectivity index (χ1) is 6.45. The first-order valence-electron chi connectivity index (χ1n) is 3.83. The van der Waals surface area contributed by atoms with Crippen molar-refractivity contribution in [3.8, 4) is 0 Å². The first-order valence-corrected chi connectivity index (χ1v) is 5.54. The van der Waals surface area contributed by atoms with Crippen molar-refractivity contribution < 1.29 is 0 Å². The van der Waals surface area contributed by atoms with E-state index < -0.39 is 0 Å². The second kappa shape index (κ2) is 4.29. The molecule has 0 atom stereocenters. The molecule has 0 radical (unpaired) electrons. The lowest BCUT2D eigenvalue weighted by Crippen LogP contribution is -2.04. The fourth-order valence-corrected chi connectivity index (χ4v) is 1.96. The Hall–Kier alpha value is -1.01. The second-order valence-corrected chi connectivity index (χ2v) is 3.90. The molecular formula is C7H8N4S2. The standard InChI is InChI=1S/C7H8N4S2/c1(6-3-12-5-10-6)2-8-7-9-4-11-13-7/h3-5H,1-2H2,(H,8,9,11). The lowest BCUT2D eigenvalue weighted by molar-refractivity contribution is 0.974. The summed E-state index contributed by atoms with van der Waals surface area (Å²) in [5, 5.41) is 6.10. The Bertz CT molecular complexity index is 295. The van der Waals surface area contributed by atoms with E-state index in [0.717, 1.165) is 23.8 Å². The zero-order valence-electron chi connectivity index (χ0n) is 6.80. The molecule has 0 aliphatic carbocycles. The van der Waals surface area contributed by atoms with Crippen LogP contribution < -0.4 is 5.32 Å². The van der Waals surface area contributed by atoms with Crippen LogP contribution >= 0.6 is 22.9 Å². The lowest BCUT2D eigenvalue weighted by Gasteiger charge is -1.98. The van der Waals surface area contributed by atoms with Crippen molar-refractivity contribution in [1.82, 2.24) is 14.3 Å². The van der Waals surface area contributed by atoms with Gasteiger partial charge in [0.2, 0.25) is 5.13 Å². The van der Waals surface area contributed by atoms with Gasteiger partial charge in [-0.2, -0.15) is 4.37 Å². The maximum atomic E-state index is 4.18. The lowest BCUT2D eigenvalue weighted by atomic mass is 10.3. The van der Waals surface area contributed by atoms with Gasteiger partial charge in [-0.15, -0.1) is 11.3 Å². The van der Waals surface area contributed by atoms with Gasteiger partial charge < -0.3 is 5.32 Å². The number of hydrogen-bond donors (Lipinski definition) is 1. The molecule has 0 amide bonds. The van der Waals surface area contributed by atoms with Gasteiger partial charge in [0.1, 0.15) is 6.33 Å². The van der Waals surface area contributed by atoms with E-state index in [9.17, 15) is 0 Å². The first kappa shape index (κ1) is 8.58. The largest absolute Gasteiger partial charge is 0.360 e. The molecule has 2 aromatic heterocycles. The third kappa shape index (κ3) is 2.46. The topological polar surface area (TPSA) is 50.7 Å². The molecule has 0 spiro atoms. The monoisotopic (exact) mass is 212 g/mol. The van der Waals surface area contributed by atoms with E-state index >= 15 is 0 Å². The number of anilines is 1. The highest BCUT2D eigenvalue weighted by Gasteiger charge is 1.96. The van der Waals surface area contributed by atoms with Gasteiger partial charge >= 0.3 is 0 Å². The van der Waals surface area contributed by atoms with Crippen LogP contribution in [0.15, 0.2) is 17.2 Å². The molecule has 2 aromatic rings. The molecule has 1 N–H and O–H groups in total. The smallest absolute Gasteiger partial charge is 0.202 e. The quantitative estimate of drug-likeness (QED) is 0.837. The Balaban J connectivity index is 1.76. The highest BCUT2D eigenvalue weighted by molar-refractivity contribution is 7.09. The van der Waals surface area contributed by atoms with Gasteiger partial charge in [-0.3, -0.25) is 0 Å². The molecule has 0 saturated carbocycles. The van der Waals surface area contributed by atoms with Gasteiger partial charge in [-0.1, -0.05) is 0 Å². The second-order valence-electron chi connectivity index (χ2n) is 2.40. The van der Waals surface area contributed by atoms with Crippen LogP contribution in [0.25, 0.3) is 0 Å². The van der Waals surface area contributed by atoms with E-state index in [-0.39, 0.29) is 0 Å². The Morgan fingerprint density at radius 2 is 2.38 bits per heavy atom. The molecule has 68 valence electrons. The fraction of sp³-hybridized carbons (Fsp3) is 0.286. The van der Waals surface area contributed by atoms with Crippen molar-refractivity contribution >= 4 is 28.0 Å². The Labute approximate surface area is 83.8 Å². The van der Waals surface area contributed by atoms with E-state index in [2.05, 4.69) is 25.0 Å². The van der Waals surface area contributed by atoms with Crippen molar-refractivity contribution in [2.75, 3.05) is 11.9 Å². The Morgan fingerprint density at radius 1 is 1.38 bits per heavy atom. The minimum atomic E-state index is 0.860. The molecule has 13 heavy (non-hydrogen) atoms. The summed E-state index contributed by atoms with van der Waals surface area (Å²) in [6, 6.07) is 0. The van der Waals surface area contributed by atoms with Crippen molar-refractivity contribution in [2.45, 2.75) is 6.42 Å². The summed E-state index contributed by atoms with van der Waals surface area (Å²) in [5.74, 6) is 0. The van der Waals surface area contributed by atoms with E-state index in [1.807, 2.05) is 5.51 Å². The molecule has 0 saturated heterocycles. The molecule has 0 aromatic carbocycles. The highest BCUT2D eigenvalue weighted by Crippen LogP contribution is 2.07. The number of nitrogens with one attached hydrogen (secondary N) is 1. The zero-order valence-corrected chi connectivity index (χ0v) is 8.44. The van der Waals surface area contributed by atoms with E-state index in [1.54, 1.807) is 17.7 Å². The Kier molecular flexibility index (Phi) is 2.83. The highest BCUT2D eigenvalue weighted by atomic mass is 32.1. The van der Waals surface area contributed by atoms with Crippen LogP contribution in [0, 0.1) is 0 Å². The molecule has 0 bridgehead atoms. The van der Waals surface area contributed by atoms with Gasteiger partial charge in [0.05, 0.1) is 11.2 Å². The maximum absolute atomic E-state index is 4.18. The summed E-state index contributed by atoms with van der Waals surface area (Å²) in [5.41, 5.74) is 2.97. The number of aromatic nitrogens is 3. The van der Waals surface area contributed by atoms with Crippen LogP contribution in [0.1, 0.15) is 5.69 Å². The van der Waals surface area contributed by atoms with Crippen LogP contribution in [-0.4, -0.2) is 20.9 Å². The SMILES string of the molecule is c1nsc(NCCc2cscn2)n1. The van der Waals surface area contributed by atoms with E-state index in [4.69, 9.17) is 0 Å². The summed E-state index contributed by atoms with van der Waals surface area (Å²) in [4.78, 5) is 8.19. The van der Waals surface area contributed by atoms with Crippen LogP contribution in [-0.2, 0) is 6.42 Å². The third-order valence-electron chi connectivity index (χ3n) is 1.50. The molecule has 0 unspecified atom stereocenters. The maximum Gasteiger partial charge on any atom is 0.202 e. The van der Waals surface area contributed by atoms with Crippen molar-refractivity contribution in [3.05, 3.63) is 22.9 Å². The van der Waals surface area contributed by atoms with Gasteiger partial charge in [0, 0.05) is 29.9 Å². The van der Waals surface area contributed by atoms with Gasteiger partial charge in [-0.25, -0.2) is 9.97 Å². The third-order valence-corrected chi connectivity index (χ3v) is 2.76. The van der Waals surface area contributed by atoms with Crippen molar-refractivity contribution in [2.24, 2.45) is 0 Å². The van der Waals surface area contributed by atoms with Crippen molar-refractivity contribution in [1.29, 1.82) is 0 Å². The summed E-state index contributed by atoms with van der Waals surface area (Å²) >= 11 is 2.99. The molecule has 6 heteroatoms. The minimum absolute atomic E-state index is 0.860. The molecular weight excluding hydrogens is 204 g/mol. The predicted molar refractivity (Wildman–Crippen MR) is 54.2 cm³/mol. The average Bonchev–Trinajstić information content (AvgIpc) is 2.75. The predicted octanol–water partition coefficient (Wildman–Crippen LogP) is 1.65. The van der Waals surface area contributed by atoms with E-state index in [0.29, 0.717) is 0 Å². The fourth-order valence-electron chi connectivity index (χ4n) is 0.909. The number of rotatable bonds is 4. The van der Waals surface area contributed by atoms with Crippen LogP contribution in [0.4, 0.5) is 5.13 Å². The van der Waals surface area contributed by atoms with Gasteiger partial charge in [-0.05, 0) is 0 Å². The molecule has 0 aliphatic rings. The van der Waals surface area contributed by atoms with Crippen LogP contribution in [0.3, 0.4) is 0 Å². The number of thiazole rings is 1.